The number of amides is 1. The Kier molecular flexibility index (Phi) is 7.14. The van der Waals surface area contributed by atoms with Crippen molar-refractivity contribution < 1.29 is 9.53 Å². The molecule has 0 saturated heterocycles. The smallest absolute Gasteiger partial charge is 0.230 e. The minimum atomic E-state index is -0.267. The Bertz CT molecular complexity index is 797. The van der Waals surface area contributed by atoms with E-state index in [1.807, 2.05) is 42.7 Å². The van der Waals surface area contributed by atoms with Gasteiger partial charge in [0, 0.05) is 12.6 Å². The first kappa shape index (κ1) is 20.5. The molecule has 0 aliphatic heterocycles. The molecule has 6 nitrogen and oxygen atoms in total. The molecule has 1 heterocycles. The van der Waals surface area contributed by atoms with Crippen LogP contribution in [0.25, 0.3) is 0 Å². The summed E-state index contributed by atoms with van der Waals surface area (Å²) in [6, 6.07) is 8.26. The molecule has 1 N–H and O–H groups in total. The molecule has 1 aromatic heterocycles. The number of carbonyl (C=O) groups excluding carboxylic acids is 1. The summed E-state index contributed by atoms with van der Waals surface area (Å²) in [7, 11) is 0. The fourth-order valence-corrected chi connectivity index (χ4v) is 4.12. The van der Waals surface area contributed by atoms with Crippen molar-refractivity contribution in [2.24, 2.45) is 0 Å². The molecule has 1 fully saturated rings. The average molecular weight is 401 g/mol. The van der Waals surface area contributed by atoms with Crippen molar-refractivity contribution in [1.29, 1.82) is 0 Å². The number of benzene rings is 1. The third kappa shape index (κ3) is 5.38. The standard InChI is InChI=1S/C21H28N4O2S/c1-4-13-25-20(16(3)27-18-11-9-15(2)10-12-18)23-24-21(25)28-14-19(26)22-17-7-5-6-8-17/h4,9-12,16-17H,1,5-8,13-14H2,2-3H3,(H,22,26). The molecule has 1 unspecified atom stereocenters. The van der Waals surface area contributed by atoms with E-state index in [1.165, 1.54) is 30.2 Å². The van der Waals surface area contributed by atoms with Gasteiger partial charge in [0.2, 0.25) is 5.91 Å². The van der Waals surface area contributed by atoms with Crippen LogP contribution >= 0.6 is 11.8 Å². The monoisotopic (exact) mass is 400 g/mol. The predicted octanol–water partition coefficient (Wildman–Crippen LogP) is 4.06. The number of ether oxygens (including phenoxy) is 1. The summed E-state index contributed by atoms with van der Waals surface area (Å²) in [4.78, 5) is 12.2. The molecule has 1 aliphatic rings. The molecular formula is C21H28N4O2S. The number of nitrogens with one attached hydrogen (secondary N) is 1. The van der Waals surface area contributed by atoms with Gasteiger partial charge >= 0.3 is 0 Å². The van der Waals surface area contributed by atoms with Crippen molar-refractivity contribution >= 4 is 17.7 Å². The summed E-state index contributed by atoms with van der Waals surface area (Å²) in [5.41, 5.74) is 1.18. The summed E-state index contributed by atoms with van der Waals surface area (Å²) in [5.74, 6) is 1.89. The summed E-state index contributed by atoms with van der Waals surface area (Å²) in [5, 5.41) is 12.4. The lowest BCUT2D eigenvalue weighted by Gasteiger charge is -2.16. The molecule has 2 aromatic rings. The van der Waals surface area contributed by atoms with E-state index >= 15 is 0 Å². The molecule has 28 heavy (non-hydrogen) atoms. The largest absolute Gasteiger partial charge is 0.483 e. The van der Waals surface area contributed by atoms with Crippen LogP contribution in [0.15, 0.2) is 42.1 Å². The zero-order valence-corrected chi connectivity index (χ0v) is 17.4. The van der Waals surface area contributed by atoms with E-state index in [4.69, 9.17) is 4.74 Å². The summed E-state index contributed by atoms with van der Waals surface area (Å²) < 4.78 is 7.98. The lowest BCUT2D eigenvalue weighted by atomic mass is 10.2. The van der Waals surface area contributed by atoms with Gasteiger partial charge in [0.1, 0.15) is 5.75 Å². The molecule has 1 amide bonds. The van der Waals surface area contributed by atoms with Gasteiger partial charge in [0.25, 0.3) is 0 Å². The number of allylic oxidation sites excluding steroid dienone is 1. The molecule has 0 radical (unpaired) electrons. The van der Waals surface area contributed by atoms with Gasteiger partial charge in [-0.25, -0.2) is 0 Å². The van der Waals surface area contributed by atoms with Crippen LogP contribution in [-0.2, 0) is 11.3 Å². The van der Waals surface area contributed by atoms with Gasteiger partial charge in [-0.15, -0.1) is 16.8 Å². The Morgan fingerprint density at radius 2 is 2.07 bits per heavy atom. The second-order valence-corrected chi connectivity index (χ2v) is 8.09. The Morgan fingerprint density at radius 1 is 1.36 bits per heavy atom. The predicted molar refractivity (Wildman–Crippen MR) is 112 cm³/mol. The minimum Gasteiger partial charge on any atom is -0.483 e. The number of aromatic nitrogens is 3. The minimum absolute atomic E-state index is 0.0514. The van der Waals surface area contributed by atoms with E-state index in [2.05, 4.69) is 22.1 Å². The Morgan fingerprint density at radius 3 is 2.75 bits per heavy atom. The lowest BCUT2D eigenvalue weighted by Crippen LogP contribution is -2.33. The van der Waals surface area contributed by atoms with Crippen molar-refractivity contribution in [3.8, 4) is 5.75 Å². The Labute approximate surface area is 170 Å². The quantitative estimate of drug-likeness (QED) is 0.508. The van der Waals surface area contributed by atoms with Crippen molar-refractivity contribution in [3.63, 3.8) is 0 Å². The molecular weight excluding hydrogens is 372 g/mol. The second-order valence-electron chi connectivity index (χ2n) is 7.15. The third-order valence-corrected chi connectivity index (χ3v) is 5.77. The van der Waals surface area contributed by atoms with Crippen LogP contribution in [0.3, 0.4) is 0 Å². The van der Waals surface area contributed by atoms with Crippen molar-refractivity contribution in [1.82, 2.24) is 20.1 Å². The molecule has 7 heteroatoms. The van der Waals surface area contributed by atoms with Gasteiger partial charge in [0.15, 0.2) is 17.1 Å². The summed E-state index contributed by atoms with van der Waals surface area (Å²) in [6.45, 7) is 8.39. The molecule has 0 spiro atoms. The number of nitrogens with zero attached hydrogens (tertiary/aromatic N) is 3. The fraction of sp³-hybridized carbons (Fsp3) is 0.476. The maximum absolute atomic E-state index is 12.2. The second kappa shape index (κ2) is 9.78. The van der Waals surface area contributed by atoms with Crippen LogP contribution in [0, 0.1) is 6.92 Å². The van der Waals surface area contributed by atoms with Gasteiger partial charge in [-0.05, 0) is 38.8 Å². The number of thioether (sulfide) groups is 1. The van der Waals surface area contributed by atoms with Crippen LogP contribution < -0.4 is 10.1 Å². The third-order valence-electron chi connectivity index (χ3n) is 4.81. The zero-order chi connectivity index (χ0) is 19.9. The normalized spacial score (nSPS) is 15.4. The van der Waals surface area contributed by atoms with Gasteiger partial charge in [-0.1, -0.05) is 48.4 Å². The highest BCUT2D eigenvalue weighted by Gasteiger charge is 2.21. The first-order chi connectivity index (χ1) is 13.6. The van der Waals surface area contributed by atoms with E-state index in [1.54, 1.807) is 6.08 Å². The average Bonchev–Trinajstić information content (AvgIpc) is 3.32. The van der Waals surface area contributed by atoms with Gasteiger partial charge < -0.3 is 10.1 Å². The van der Waals surface area contributed by atoms with E-state index in [0.29, 0.717) is 23.5 Å². The first-order valence-electron chi connectivity index (χ1n) is 9.76. The molecule has 1 atom stereocenters. The highest BCUT2D eigenvalue weighted by molar-refractivity contribution is 7.99. The Hall–Kier alpha value is -2.28. The number of aryl methyl sites for hydroxylation is 1. The Balaban J connectivity index is 1.63. The highest BCUT2D eigenvalue weighted by Crippen LogP contribution is 2.25. The van der Waals surface area contributed by atoms with Crippen LogP contribution in [0.5, 0.6) is 5.75 Å². The molecule has 1 aliphatic carbocycles. The lowest BCUT2D eigenvalue weighted by molar-refractivity contribution is -0.119. The molecule has 0 bridgehead atoms. The maximum atomic E-state index is 12.2. The van der Waals surface area contributed by atoms with E-state index < -0.39 is 0 Å². The molecule has 1 saturated carbocycles. The van der Waals surface area contributed by atoms with Crippen LogP contribution in [0.4, 0.5) is 0 Å². The van der Waals surface area contributed by atoms with Gasteiger partial charge in [0.05, 0.1) is 5.75 Å². The first-order valence-corrected chi connectivity index (χ1v) is 10.7. The fourth-order valence-electron chi connectivity index (χ4n) is 3.35. The van der Waals surface area contributed by atoms with E-state index in [0.717, 1.165) is 24.4 Å². The topological polar surface area (TPSA) is 69.0 Å². The number of rotatable bonds is 9. The zero-order valence-electron chi connectivity index (χ0n) is 16.6. The SMILES string of the molecule is C=CCn1c(SCC(=O)NC2CCCC2)nnc1C(C)Oc1ccc(C)cc1. The van der Waals surface area contributed by atoms with Gasteiger partial charge in [-0.2, -0.15) is 0 Å². The van der Waals surface area contributed by atoms with Crippen LogP contribution in [-0.4, -0.2) is 32.5 Å². The van der Waals surface area contributed by atoms with Crippen molar-refractivity contribution in [3.05, 3.63) is 48.3 Å². The number of carbonyl (C=O) groups is 1. The number of hydrogen-bond donors (Lipinski definition) is 1. The van der Waals surface area contributed by atoms with Crippen LogP contribution in [0.1, 0.15) is 50.1 Å². The van der Waals surface area contributed by atoms with E-state index in [-0.39, 0.29) is 12.0 Å². The van der Waals surface area contributed by atoms with Crippen molar-refractivity contribution in [2.45, 2.75) is 63.4 Å². The van der Waals surface area contributed by atoms with Gasteiger partial charge in [-0.3, -0.25) is 9.36 Å². The van der Waals surface area contributed by atoms with Crippen LogP contribution in [0.2, 0.25) is 0 Å². The van der Waals surface area contributed by atoms with E-state index in [9.17, 15) is 4.79 Å². The molecule has 3 rings (SSSR count). The molecule has 150 valence electrons. The van der Waals surface area contributed by atoms with Crippen molar-refractivity contribution in [2.75, 3.05) is 5.75 Å². The molecule has 1 aromatic carbocycles. The maximum Gasteiger partial charge on any atom is 0.230 e. The summed E-state index contributed by atoms with van der Waals surface area (Å²) >= 11 is 1.40. The summed E-state index contributed by atoms with van der Waals surface area (Å²) in [6.07, 6.45) is 6.11. The number of hydrogen-bond acceptors (Lipinski definition) is 5. The highest BCUT2D eigenvalue weighted by atomic mass is 32.2.